The average Bonchev–Trinajstić information content (AvgIpc) is 3.02. The van der Waals surface area contributed by atoms with E-state index < -0.39 is 0 Å². The summed E-state index contributed by atoms with van der Waals surface area (Å²) in [5.74, 6) is 2.37. The van der Waals surface area contributed by atoms with Gasteiger partial charge in [0.2, 0.25) is 0 Å². The summed E-state index contributed by atoms with van der Waals surface area (Å²) in [6.45, 7) is 0.829. The zero-order valence-electron chi connectivity index (χ0n) is 10.9. The maximum absolute atomic E-state index is 4.75. The molecule has 4 nitrogen and oxygen atoms in total. The number of benzene rings is 2. The van der Waals surface area contributed by atoms with E-state index in [1.807, 2.05) is 6.07 Å². The quantitative estimate of drug-likeness (QED) is 0.426. The van der Waals surface area contributed by atoms with Crippen LogP contribution in [0.3, 0.4) is 0 Å². The van der Waals surface area contributed by atoms with Crippen LogP contribution in [0.2, 0.25) is 0 Å². The Kier molecular flexibility index (Phi) is 1.77. The summed E-state index contributed by atoms with van der Waals surface area (Å²) in [6.07, 6.45) is 0.851. The number of hydrogen-bond donors (Lipinski definition) is 1. The van der Waals surface area contributed by atoms with E-state index in [0.29, 0.717) is 0 Å². The number of H-pyrrole nitrogens is 1. The van der Waals surface area contributed by atoms with E-state index in [-0.39, 0.29) is 0 Å². The van der Waals surface area contributed by atoms with E-state index in [2.05, 4.69) is 56.6 Å². The van der Waals surface area contributed by atoms with Gasteiger partial charge in [-0.05, 0) is 24.3 Å². The Hall–Kier alpha value is -2.62. The lowest BCUT2D eigenvalue weighted by molar-refractivity contribution is -0.686. The highest BCUT2D eigenvalue weighted by Crippen LogP contribution is 2.21. The van der Waals surface area contributed by atoms with Crippen molar-refractivity contribution < 1.29 is 4.57 Å². The van der Waals surface area contributed by atoms with Crippen molar-refractivity contribution in [3.05, 3.63) is 60.2 Å². The molecule has 0 saturated carbocycles. The van der Waals surface area contributed by atoms with Crippen LogP contribution in [0.15, 0.2) is 48.5 Å². The SMILES string of the molecule is c1ccc2c(c1)nc1n2C[n+]2c([nH]c3ccccc32)C1. The number of hydrogen-bond acceptors (Lipinski definition) is 1. The predicted molar refractivity (Wildman–Crippen MR) is 76.4 cm³/mol. The molecule has 4 aromatic rings. The molecule has 0 fully saturated rings. The monoisotopic (exact) mass is 261 g/mol. The van der Waals surface area contributed by atoms with E-state index in [4.69, 9.17) is 4.98 Å². The van der Waals surface area contributed by atoms with E-state index in [1.165, 1.54) is 22.4 Å². The van der Waals surface area contributed by atoms with Crippen molar-refractivity contribution in [3.8, 4) is 0 Å². The number of rotatable bonds is 0. The molecule has 4 heteroatoms. The first-order valence-electron chi connectivity index (χ1n) is 6.84. The first-order valence-corrected chi connectivity index (χ1v) is 6.84. The number of aromatic amines is 1. The van der Waals surface area contributed by atoms with Crippen molar-refractivity contribution in [1.82, 2.24) is 14.5 Å². The predicted octanol–water partition coefficient (Wildman–Crippen LogP) is 2.22. The Balaban J connectivity index is 1.79. The lowest BCUT2D eigenvalue weighted by Gasteiger charge is -2.12. The molecule has 2 aromatic heterocycles. The van der Waals surface area contributed by atoms with E-state index in [1.54, 1.807) is 0 Å². The molecule has 0 amide bonds. The van der Waals surface area contributed by atoms with Crippen LogP contribution in [0.25, 0.3) is 22.1 Å². The summed E-state index contributed by atoms with van der Waals surface area (Å²) in [7, 11) is 0. The Labute approximate surface area is 115 Å². The molecular weight excluding hydrogens is 248 g/mol. The van der Waals surface area contributed by atoms with Gasteiger partial charge in [-0.2, -0.15) is 0 Å². The Morgan fingerprint density at radius 2 is 1.90 bits per heavy atom. The van der Waals surface area contributed by atoms with Gasteiger partial charge in [0.05, 0.1) is 11.0 Å². The topological polar surface area (TPSA) is 37.5 Å². The van der Waals surface area contributed by atoms with Crippen LogP contribution in [0.4, 0.5) is 0 Å². The van der Waals surface area contributed by atoms with Crippen LogP contribution in [-0.4, -0.2) is 14.5 Å². The molecular formula is C16H13N4+. The standard InChI is InChI=1S/C16H12N4/c1-3-7-13-11(5-1)17-15-9-16-18-12-6-2-4-8-14(12)20(16)10-19(13)15/h1-8H,9-10H2/p+1. The molecule has 0 aliphatic carbocycles. The summed E-state index contributed by atoms with van der Waals surface area (Å²) in [4.78, 5) is 8.26. The highest BCUT2D eigenvalue weighted by atomic mass is 15.3. The van der Waals surface area contributed by atoms with Gasteiger partial charge in [-0.3, -0.25) is 4.57 Å². The van der Waals surface area contributed by atoms with Crippen molar-refractivity contribution in [1.29, 1.82) is 0 Å². The van der Waals surface area contributed by atoms with Crippen LogP contribution in [0, 0.1) is 0 Å². The van der Waals surface area contributed by atoms with Crippen LogP contribution in [0.1, 0.15) is 11.6 Å². The summed E-state index contributed by atoms with van der Waals surface area (Å²) in [6, 6.07) is 16.8. The fourth-order valence-electron chi connectivity index (χ4n) is 3.19. The zero-order valence-corrected chi connectivity index (χ0v) is 10.9. The highest BCUT2D eigenvalue weighted by Gasteiger charge is 2.27. The number of nitrogens with zero attached hydrogens (tertiary/aromatic N) is 3. The molecule has 0 unspecified atom stereocenters. The molecule has 5 rings (SSSR count). The van der Waals surface area contributed by atoms with Crippen molar-refractivity contribution in [3.63, 3.8) is 0 Å². The molecule has 96 valence electrons. The number of nitrogens with one attached hydrogen (secondary N) is 1. The first-order chi connectivity index (χ1) is 9.90. The van der Waals surface area contributed by atoms with E-state index >= 15 is 0 Å². The molecule has 0 saturated heterocycles. The molecule has 1 aliphatic heterocycles. The Morgan fingerprint density at radius 1 is 1.05 bits per heavy atom. The van der Waals surface area contributed by atoms with Gasteiger partial charge >= 0.3 is 0 Å². The molecule has 0 bridgehead atoms. The largest absolute Gasteiger partial charge is 0.289 e. The van der Waals surface area contributed by atoms with Crippen molar-refractivity contribution in [2.24, 2.45) is 0 Å². The van der Waals surface area contributed by atoms with Gasteiger partial charge in [0.1, 0.15) is 12.2 Å². The second-order valence-electron chi connectivity index (χ2n) is 5.28. The van der Waals surface area contributed by atoms with Crippen molar-refractivity contribution >= 4 is 22.1 Å². The second kappa shape index (κ2) is 3.48. The highest BCUT2D eigenvalue weighted by molar-refractivity contribution is 5.76. The zero-order chi connectivity index (χ0) is 13.1. The van der Waals surface area contributed by atoms with Crippen LogP contribution >= 0.6 is 0 Å². The first kappa shape index (κ1) is 10.2. The molecule has 20 heavy (non-hydrogen) atoms. The summed E-state index contributed by atoms with van der Waals surface area (Å²) in [5, 5.41) is 0. The van der Waals surface area contributed by atoms with Gasteiger partial charge in [0, 0.05) is 0 Å². The third-order valence-electron chi connectivity index (χ3n) is 4.14. The van der Waals surface area contributed by atoms with Gasteiger partial charge in [-0.25, -0.2) is 14.5 Å². The van der Waals surface area contributed by atoms with E-state index in [0.717, 1.165) is 24.4 Å². The molecule has 1 N–H and O–H groups in total. The Morgan fingerprint density at radius 3 is 2.90 bits per heavy atom. The van der Waals surface area contributed by atoms with E-state index in [9.17, 15) is 0 Å². The maximum atomic E-state index is 4.75. The fourth-order valence-corrected chi connectivity index (χ4v) is 3.19. The van der Waals surface area contributed by atoms with Crippen LogP contribution in [0.5, 0.6) is 0 Å². The second-order valence-corrected chi connectivity index (χ2v) is 5.28. The summed E-state index contributed by atoms with van der Waals surface area (Å²) < 4.78 is 4.65. The molecule has 2 aromatic carbocycles. The number of imidazole rings is 2. The van der Waals surface area contributed by atoms with Gasteiger partial charge in [0.25, 0.3) is 5.82 Å². The normalized spacial score (nSPS) is 13.6. The van der Waals surface area contributed by atoms with Gasteiger partial charge in [0.15, 0.2) is 17.7 Å². The molecule has 3 heterocycles. The lowest BCUT2D eigenvalue weighted by atomic mass is 10.3. The van der Waals surface area contributed by atoms with Gasteiger partial charge in [-0.1, -0.05) is 24.3 Å². The number of para-hydroxylation sites is 4. The maximum Gasteiger partial charge on any atom is 0.264 e. The fraction of sp³-hybridized carbons (Fsp3) is 0.125. The lowest BCUT2D eigenvalue weighted by Crippen LogP contribution is -2.44. The molecule has 1 aliphatic rings. The number of aromatic nitrogens is 4. The summed E-state index contributed by atoms with van der Waals surface area (Å²) >= 11 is 0. The molecule has 0 atom stereocenters. The van der Waals surface area contributed by atoms with Crippen molar-refractivity contribution in [2.75, 3.05) is 0 Å². The smallest absolute Gasteiger partial charge is 0.264 e. The molecule has 0 spiro atoms. The minimum absolute atomic E-state index is 0.829. The van der Waals surface area contributed by atoms with Gasteiger partial charge < -0.3 is 0 Å². The third kappa shape index (κ3) is 1.20. The van der Waals surface area contributed by atoms with Crippen LogP contribution in [-0.2, 0) is 13.1 Å². The molecule has 0 radical (unpaired) electrons. The van der Waals surface area contributed by atoms with Crippen LogP contribution < -0.4 is 4.57 Å². The summed E-state index contributed by atoms with van der Waals surface area (Å²) in [5.41, 5.74) is 4.74. The third-order valence-corrected chi connectivity index (χ3v) is 4.14. The van der Waals surface area contributed by atoms with Crippen molar-refractivity contribution in [2.45, 2.75) is 13.1 Å². The number of fused-ring (bicyclic) bond motifs is 6. The minimum atomic E-state index is 0.829. The average molecular weight is 261 g/mol. The minimum Gasteiger partial charge on any atom is -0.289 e. The Bertz CT molecular complexity index is 883. The van der Waals surface area contributed by atoms with Gasteiger partial charge in [-0.15, -0.1) is 0 Å².